The molecule has 2 aliphatic heterocycles. The molecule has 4 heterocycles. The zero-order valence-corrected chi connectivity index (χ0v) is 19.0. The minimum atomic E-state index is -0.143. The molecular formula is C23H33N5O3. The summed E-state index contributed by atoms with van der Waals surface area (Å²) in [7, 11) is 0. The molecule has 0 bridgehead atoms. The van der Waals surface area contributed by atoms with Crippen LogP contribution in [0.3, 0.4) is 0 Å². The third-order valence-electron chi connectivity index (χ3n) is 6.28. The fraction of sp³-hybridized carbons (Fsp3) is 0.652. The highest BCUT2D eigenvalue weighted by Crippen LogP contribution is 2.27. The first-order valence-corrected chi connectivity index (χ1v) is 11.4. The molecule has 168 valence electrons. The molecule has 0 spiro atoms. The highest BCUT2D eigenvalue weighted by atomic mass is 16.5. The quantitative estimate of drug-likeness (QED) is 0.750. The van der Waals surface area contributed by atoms with Gasteiger partial charge in [0.25, 0.3) is 5.91 Å². The number of aromatic nitrogens is 3. The lowest BCUT2D eigenvalue weighted by Crippen LogP contribution is -2.49. The van der Waals surface area contributed by atoms with E-state index >= 15 is 0 Å². The monoisotopic (exact) mass is 427 g/mol. The molecule has 1 atom stereocenters. The van der Waals surface area contributed by atoms with E-state index in [2.05, 4.69) is 32.8 Å². The van der Waals surface area contributed by atoms with Crippen LogP contribution < -0.4 is 0 Å². The van der Waals surface area contributed by atoms with Gasteiger partial charge in [0.05, 0.1) is 36.3 Å². The zero-order chi connectivity index (χ0) is 22.1. The summed E-state index contributed by atoms with van der Waals surface area (Å²) in [5.41, 5.74) is 2.28. The molecule has 0 saturated carbocycles. The van der Waals surface area contributed by atoms with Crippen LogP contribution in [0.1, 0.15) is 68.5 Å². The Bertz CT molecular complexity index is 962. The number of fused-ring (bicyclic) bond motifs is 1. The minimum absolute atomic E-state index is 0.0305. The number of nitrogens with zero attached hydrogens (tertiary/aromatic N) is 5. The molecule has 8 nitrogen and oxygen atoms in total. The summed E-state index contributed by atoms with van der Waals surface area (Å²) < 4.78 is 7.25. The van der Waals surface area contributed by atoms with Gasteiger partial charge in [-0.3, -0.25) is 9.59 Å². The minimum Gasteiger partial charge on any atom is -0.378 e. The second kappa shape index (κ2) is 8.94. The van der Waals surface area contributed by atoms with E-state index in [1.54, 1.807) is 6.20 Å². The Labute approximate surface area is 183 Å². The number of carbonyl (C=O) groups excluding carboxylic acids is 2. The van der Waals surface area contributed by atoms with Crippen LogP contribution in [0, 0.1) is 5.92 Å². The Kier molecular flexibility index (Phi) is 6.27. The van der Waals surface area contributed by atoms with Gasteiger partial charge in [0.2, 0.25) is 5.91 Å². The van der Waals surface area contributed by atoms with E-state index in [-0.39, 0.29) is 29.7 Å². The number of rotatable bonds is 4. The number of morpholine rings is 1. The van der Waals surface area contributed by atoms with Gasteiger partial charge in [-0.25, -0.2) is 9.67 Å². The summed E-state index contributed by atoms with van der Waals surface area (Å²) in [5, 5.41) is 5.28. The van der Waals surface area contributed by atoms with Crippen molar-refractivity contribution in [1.82, 2.24) is 24.6 Å². The molecule has 0 aromatic carbocycles. The molecule has 0 radical (unpaired) electrons. The SMILES string of the molecule is CC(C)c1cc(C(=O)N2CCCC(C(=O)N3CCOCC3)C2)c2cnn(C(C)C)c2n1. The van der Waals surface area contributed by atoms with Gasteiger partial charge in [0.15, 0.2) is 5.65 Å². The second-order valence-corrected chi connectivity index (χ2v) is 9.20. The maximum absolute atomic E-state index is 13.6. The number of hydrogen-bond acceptors (Lipinski definition) is 5. The zero-order valence-electron chi connectivity index (χ0n) is 19.0. The van der Waals surface area contributed by atoms with Crippen molar-refractivity contribution in [3.63, 3.8) is 0 Å². The first kappa shape index (κ1) is 21.7. The van der Waals surface area contributed by atoms with Crippen LogP contribution >= 0.6 is 0 Å². The Morgan fingerprint density at radius 2 is 1.84 bits per heavy atom. The molecule has 2 amide bonds. The molecule has 4 rings (SSSR count). The van der Waals surface area contributed by atoms with E-state index < -0.39 is 0 Å². The highest BCUT2D eigenvalue weighted by molar-refractivity contribution is 6.05. The molecule has 2 aliphatic rings. The summed E-state index contributed by atoms with van der Waals surface area (Å²) in [5.74, 6) is 0.174. The Morgan fingerprint density at radius 3 is 2.52 bits per heavy atom. The van der Waals surface area contributed by atoms with Gasteiger partial charge in [-0.15, -0.1) is 0 Å². The molecular weight excluding hydrogens is 394 g/mol. The summed E-state index contributed by atoms with van der Waals surface area (Å²) in [6.45, 7) is 11.9. The average molecular weight is 428 g/mol. The van der Waals surface area contributed by atoms with E-state index in [1.807, 2.05) is 20.5 Å². The van der Waals surface area contributed by atoms with Crippen LogP contribution in [-0.4, -0.2) is 75.8 Å². The molecule has 0 N–H and O–H groups in total. The van der Waals surface area contributed by atoms with E-state index in [1.165, 1.54) is 0 Å². The van der Waals surface area contributed by atoms with Gasteiger partial charge in [-0.05, 0) is 38.7 Å². The highest BCUT2D eigenvalue weighted by Gasteiger charge is 2.33. The number of ether oxygens (including phenoxy) is 1. The first-order chi connectivity index (χ1) is 14.9. The largest absolute Gasteiger partial charge is 0.378 e. The smallest absolute Gasteiger partial charge is 0.254 e. The summed E-state index contributed by atoms with van der Waals surface area (Å²) in [6, 6.07) is 2.07. The predicted octanol–water partition coefficient (Wildman–Crippen LogP) is 2.85. The molecule has 2 aromatic rings. The maximum Gasteiger partial charge on any atom is 0.254 e. The van der Waals surface area contributed by atoms with E-state index in [0.717, 1.165) is 29.6 Å². The van der Waals surface area contributed by atoms with Crippen LogP contribution in [0.15, 0.2) is 12.3 Å². The lowest BCUT2D eigenvalue weighted by molar-refractivity contribution is -0.141. The van der Waals surface area contributed by atoms with Gasteiger partial charge in [0.1, 0.15) is 0 Å². The number of amides is 2. The number of carbonyl (C=O) groups is 2. The fourth-order valence-electron chi connectivity index (χ4n) is 4.46. The van der Waals surface area contributed by atoms with Gasteiger partial charge < -0.3 is 14.5 Å². The van der Waals surface area contributed by atoms with Crippen molar-refractivity contribution in [3.8, 4) is 0 Å². The van der Waals surface area contributed by atoms with Gasteiger partial charge in [-0.2, -0.15) is 5.10 Å². The van der Waals surface area contributed by atoms with Crippen molar-refractivity contribution in [2.45, 2.75) is 52.5 Å². The molecule has 2 aromatic heterocycles. The number of likely N-dealkylation sites (tertiary alicyclic amines) is 1. The van der Waals surface area contributed by atoms with Crippen LogP contribution in [0.4, 0.5) is 0 Å². The maximum atomic E-state index is 13.6. The lowest BCUT2D eigenvalue weighted by Gasteiger charge is -2.36. The van der Waals surface area contributed by atoms with Crippen molar-refractivity contribution in [2.24, 2.45) is 5.92 Å². The summed E-state index contributed by atoms with van der Waals surface area (Å²) in [6.07, 6.45) is 3.41. The third-order valence-corrected chi connectivity index (χ3v) is 6.28. The normalized spacial score (nSPS) is 20.1. The second-order valence-electron chi connectivity index (χ2n) is 9.20. The Hall–Kier alpha value is -2.48. The van der Waals surface area contributed by atoms with Crippen molar-refractivity contribution in [3.05, 3.63) is 23.5 Å². The predicted molar refractivity (Wildman–Crippen MR) is 118 cm³/mol. The molecule has 2 fully saturated rings. The van der Waals surface area contributed by atoms with E-state index in [9.17, 15) is 9.59 Å². The van der Waals surface area contributed by atoms with Crippen LogP contribution in [-0.2, 0) is 9.53 Å². The van der Waals surface area contributed by atoms with Crippen molar-refractivity contribution < 1.29 is 14.3 Å². The van der Waals surface area contributed by atoms with Crippen LogP contribution in [0.2, 0.25) is 0 Å². The van der Waals surface area contributed by atoms with Crippen molar-refractivity contribution >= 4 is 22.8 Å². The summed E-state index contributed by atoms with van der Waals surface area (Å²) in [4.78, 5) is 35.2. The van der Waals surface area contributed by atoms with Crippen molar-refractivity contribution in [2.75, 3.05) is 39.4 Å². The van der Waals surface area contributed by atoms with Gasteiger partial charge in [-0.1, -0.05) is 13.8 Å². The number of piperidine rings is 1. The van der Waals surface area contributed by atoms with E-state index in [4.69, 9.17) is 9.72 Å². The molecule has 0 aliphatic carbocycles. The molecule has 8 heteroatoms. The Balaban J connectivity index is 1.61. The van der Waals surface area contributed by atoms with Crippen LogP contribution in [0.25, 0.3) is 11.0 Å². The number of pyridine rings is 1. The standard InChI is InChI=1S/C23H33N5O3/c1-15(2)20-12-18(19-13-24-28(16(3)4)21(19)25-20)23(30)27-7-5-6-17(14-27)22(29)26-8-10-31-11-9-26/h12-13,15-17H,5-11,14H2,1-4H3. The van der Waals surface area contributed by atoms with Gasteiger partial charge >= 0.3 is 0 Å². The van der Waals surface area contributed by atoms with E-state index in [0.29, 0.717) is 45.0 Å². The molecule has 1 unspecified atom stereocenters. The third kappa shape index (κ3) is 4.31. The average Bonchev–Trinajstić information content (AvgIpc) is 3.22. The number of hydrogen-bond donors (Lipinski definition) is 0. The molecule has 31 heavy (non-hydrogen) atoms. The molecule has 2 saturated heterocycles. The summed E-state index contributed by atoms with van der Waals surface area (Å²) >= 11 is 0. The van der Waals surface area contributed by atoms with Crippen molar-refractivity contribution in [1.29, 1.82) is 0 Å². The van der Waals surface area contributed by atoms with Crippen LogP contribution in [0.5, 0.6) is 0 Å². The lowest BCUT2D eigenvalue weighted by atomic mass is 9.95. The fourth-order valence-corrected chi connectivity index (χ4v) is 4.46. The van der Waals surface area contributed by atoms with Gasteiger partial charge in [0, 0.05) is 37.9 Å². The first-order valence-electron chi connectivity index (χ1n) is 11.4. The topological polar surface area (TPSA) is 80.6 Å². The Morgan fingerprint density at radius 1 is 1.10 bits per heavy atom.